The van der Waals surface area contributed by atoms with E-state index in [4.69, 9.17) is 4.74 Å². The van der Waals surface area contributed by atoms with Crippen LogP contribution in [-0.2, 0) is 4.74 Å². The van der Waals surface area contributed by atoms with Crippen LogP contribution < -0.4 is 0 Å². The summed E-state index contributed by atoms with van der Waals surface area (Å²) in [5, 5.41) is 1.23. The van der Waals surface area contributed by atoms with Crippen molar-refractivity contribution in [2.75, 3.05) is 32.8 Å². The van der Waals surface area contributed by atoms with Crippen molar-refractivity contribution in [3.8, 4) is 0 Å². The molecule has 28 heavy (non-hydrogen) atoms. The van der Waals surface area contributed by atoms with Gasteiger partial charge in [-0.05, 0) is 32.0 Å². The van der Waals surface area contributed by atoms with Crippen molar-refractivity contribution in [2.24, 2.45) is 0 Å². The predicted octanol–water partition coefficient (Wildman–Crippen LogP) is 3.73. The van der Waals surface area contributed by atoms with Gasteiger partial charge in [0.1, 0.15) is 0 Å². The summed E-state index contributed by atoms with van der Waals surface area (Å²) in [4.78, 5) is 24.5. The summed E-state index contributed by atoms with van der Waals surface area (Å²) in [7, 11) is 0. The van der Waals surface area contributed by atoms with Crippen molar-refractivity contribution in [3.05, 3.63) is 65.6 Å². The van der Waals surface area contributed by atoms with E-state index in [0.29, 0.717) is 19.7 Å². The molecule has 0 bridgehead atoms. The number of ether oxygens (including phenoxy) is 1. The maximum atomic E-state index is 12.1. The molecule has 6 nitrogen and oxygen atoms in total. The minimum absolute atomic E-state index is 0.0432. The number of carbonyl (C=O) groups excluding carboxylic acids is 1. The summed E-state index contributed by atoms with van der Waals surface area (Å²) in [6, 6.07) is 14.5. The van der Waals surface area contributed by atoms with Crippen molar-refractivity contribution in [2.45, 2.75) is 19.9 Å². The number of pyridine rings is 1. The van der Waals surface area contributed by atoms with Gasteiger partial charge in [0.05, 0.1) is 18.3 Å². The molecular weight excluding hydrogens is 352 g/mol. The van der Waals surface area contributed by atoms with Gasteiger partial charge in [0.15, 0.2) is 0 Å². The highest BCUT2D eigenvalue weighted by molar-refractivity contribution is 5.85. The number of aromatic nitrogens is 2. The minimum atomic E-state index is -0.222. The molecule has 3 heterocycles. The van der Waals surface area contributed by atoms with E-state index in [1.807, 2.05) is 25.3 Å². The summed E-state index contributed by atoms with van der Waals surface area (Å²) < 4.78 is 5.16. The number of fused-ring (bicyclic) bond motifs is 1. The highest BCUT2D eigenvalue weighted by Gasteiger charge is 2.31. The Kier molecular flexibility index (Phi) is 5.30. The zero-order valence-electron chi connectivity index (χ0n) is 16.4. The molecular formula is C22H26N4O2. The number of aryl methyl sites for hydroxylation is 1. The number of para-hydroxylation sites is 1. The summed E-state index contributed by atoms with van der Waals surface area (Å²) >= 11 is 0. The smallest absolute Gasteiger partial charge is 0.409 e. The molecule has 0 saturated carbocycles. The Hall–Kier alpha value is -2.86. The van der Waals surface area contributed by atoms with Crippen LogP contribution in [0.5, 0.6) is 0 Å². The second-order valence-electron chi connectivity index (χ2n) is 7.09. The van der Waals surface area contributed by atoms with Gasteiger partial charge in [0, 0.05) is 54.5 Å². The van der Waals surface area contributed by atoms with Crippen molar-refractivity contribution < 1.29 is 9.53 Å². The van der Waals surface area contributed by atoms with Crippen molar-refractivity contribution in [3.63, 3.8) is 0 Å². The van der Waals surface area contributed by atoms with E-state index >= 15 is 0 Å². The standard InChI is InChI=1S/C22H26N4O2/c1-3-28-22(27)26-14-12-25(13-15-26)21(19-10-6-7-11-23-19)20-16(2)24-18-9-5-4-8-17(18)20/h4-11,21,24H,3,12-15H2,1-2H3. The van der Waals surface area contributed by atoms with E-state index in [1.54, 1.807) is 4.90 Å². The lowest BCUT2D eigenvalue weighted by atomic mass is 9.97. The molecule has 2 aromatic heterocycles. The van der Waals surface area contributed by atoms with Crippen LogP contribution in [-0.4, -0.2) is 58.6 Å². The largest absolute Gasteiger partial charge is 0.450 e. The number of amides is 1. The quantitative estimate of drug-likeness (QED) is 0.751. The Bertz CT molecular complexity index is 946. The number of nitrogens with one attached hydrogen (secondary N) is 1. The molecule has 0 spiro atoms. The fourth-order valence-corrected chi connectivity index (χ4v) is 4.08. The SMILES string of the molecule is CCOC(=O)N1CCN(C(c2ccccn2)c2c(C)[nH]c3ccccc23)CC1. The Morgan fingerprint density at radius 1 is 1.14 bits per heavy atom. The van der Waals surface area contributed by atoms with Crippen LogP contribution in [0.3, 0.4) is 0 Å². The summed E-state index contributed by atoms with van der Waals surface area (Å²) in [6.45, 7) is 7.24. The van der Waals surface area contributed by atoms with Crippen molar-refractivity contribution >= 4 is 17.0 Å². The molecule has 6 heteroatoms. The van der Waals surface area contributed by atoms with E-state index in [-0.39, 0.29) is 12.1 Å². The lowest BCUT2D eigenvalue weighted by Gasteiger charge is -2.38. The van der Waals surface area contributed by atoms with Gasteiger partial charge in [-0.2, -0.15) is 0 Å². The monoisotopic (exact) mass is 378 g/mol. The third-order valence-corrected chi connectivity index (χ3v) is 5.39. The van der Waals surface area contributed by atoms with Gasteiger partial charge in [-0.25, -0.2) is 4.79 Å². The van der Waals surface area contributed by atoms with Gasteiger partial charge < -0.3 is 14.6 Å². The molecule has 1 amide bonds. The van der Waals surface area contributed by atoms with E-state index in [9.17, 15) is 4.79 Å². The lowest BCUT2D eigenvalue weighted by molar-refractivity contribution is 0.0711. The molecule has 1 unspecified atom stereocenters. The van der Waals surface area contributed by atoms with Crippen LogP contribution in [0.1, 0.15) is 29.9 Å². The number of H-pyrrole nitrogens is 1. The zero-order chi connectivity index (χ0) is 19.5. The Morgan fingerprint density at radius 3 is 2.61 bits per heavy atom. The molecule has 1 aliphatic heterocycles. The molecule has 1 aromatic carbocycles. The molecule has 4 rings (SSSR count). The fourth-order valence-electron chi connectivity index (χ4n) is 4.08. The van der Waals surface area contributed by atoms with Crippen LogP contribution >= 0.6 is 0 Å². The second-order valence-corrected chi connectivity index (χ2v) is 7.09. The number of benzene rings is 1. The van der Waals surface area contributed by atoms with Gasteiger partial charge in [-0.1, -0.05) is 24.3 Å². The van der Waals surface area contributed by atoms with Crippen LogP contribution in [0.2, 0.25) is 0 Å². The van der Waals surface area contributed by atoms with Gasteiger partial charge in [0.2, 0.25) is 0 Å². The topological polar surface area (TPSA) is 61.5 Å². The van der Waals surface area contributed by atoms with Gasteiger partial charge in [-0.15, -0.1) is 0 Å². The maximum absolute atomic E-state index is 12.1. The highest BCUT2D eigenvalue weighted by atomic mass is 16.6. The predicted molar refractivity (Wildman–Crippen MR) is 109 cm³/mol. The van der Waals surface area contributed by atoms with Crippen LogP contribution in [0.4, 0.5) is 4.79 Å². The van der Waals surface area contributed by atoms with Gasteiger partial charge >= 0.3 is 6.09 Å². The van der Waals surface area contributed by atoms with Gasteiger partial charge in [0.25, 0.3) is 0 Å². The molecule has 1 N–H and O–H groups in total. The summed E-state index contributed by atoms with van der Waals surface area (Å²) in [5.41, 5.74) is 4.59. The number of hydrogen-bond donors (Lipinski definition) is 1. The highest BCUT2D eigenvalue weighted by Crippen LogP contribution is 2.35. The molecule has 0 aliphatic carbocycles. The molecule has 1 saturated heterocycles. The lowest BCUT2D eigenvalue weighted by Crippen LogP contribution is -2.50. The van der Waals surface area contributed by atoms with Gasteiger partial charge in [-0.3, -0.25) is 9.88 Å². The molecule has 1 fully saturated rings. The summed E-state index contributed by atoms with van der Waals surface area (Å²) in [5.74, 6) is 0. The minimum Gasteiger partial charge on any atom is -0.450 e. The van der Waals surface area contributed by atoms with E-state index < -0.39 is 0 Å². The first kappa shape index (κ1) is 18.5. The Balaban J connectivity index is 1.68. The molecule has 1 aliphatic rings. The Morgan fingerprint density at radius 2 is 1.89 bits per heavy atom. The molecule has 146 valence electrons. The first-order valence-corrected chi connectivity index (χ1v) is 9.83. The van der Waals surface area contributed by atoms with E-state index in [1.165, 1.54) is 10.9 Å². The third-order valence-electron chi connectivity index (χ3n) is 5.39. The van der Waals surface area contributed by atoms with E-state index in [2.05, 4.69) is 52.1 Å². The number of hydrogen-bond acceptors (Lipinski definition) is 4. The normalized spacial score (nSPS) is 16.3. The van der Waals surface area contributed by atoms with E-state index in [0.717, 1.165) is 30.0 Å². The number of carbonyl (C=O) groups is 1. The van der Waals surface area contributed by atoms with Crippen LogP contribution in [0.15, 0.2) is 48.7 Å². The second kappa shape index (κ2) is 8.02. The zero-order valence-corrected chi connectivity index (χ0v) is 16.4. The first-order chi connectivity index (χ1) is 13.7. The molecule has 1 atom stereocenters. The third kappa shape index (κ3) is 3.47. The first-order valence-electron chi connectivity index (χ1n) is 9.83. The fraction of sp³-hybridized carbons (Fsp3) is 0.364. The molecule has 3 aromatic rings. The van der Waals surface area contributed by atoms with Crippen LogP contribution in [0.25, 0.3) is 10.9 Å². The van der Waals surface area contributed by atoms with Crippen LogP contribution in [0, 0.1) is 6.92 Å². The Labute approximate surface area is 165 Å². The average molecular weight is 378 g/mol. The van der Waals surface area contributed by atoms with Crippen molar-refractivity contribution in [1.82, 2.24) is 19.8 Å². The number of nitrogens with zero attached hydrogens (tertiary/aromatic N) is 3. The number of aromatic amines is 1. The summed E-state index contributed by atoms with van der Waals surface area (Å²) in [6.07, 6.45) is 1.63. The number of rotatable bonds is 4. The average Bonchev–Trinajstić information content (AvgIpc) is 3.06. The number of piperazine rings is 1. The maximum Gasteiger partial charge on any atom is 0.409 e. The van der Waals surface area contributed by atoms with Crippen molar-refractivity contribution in [1.29, 1.82) is 0 Å². The molecule has 0 radical (unpaired) electrons.